The molecule has 0 N–H and O–H groups in total. The van der Waals surface area contributed by atoms with Gasteiger partial charge in [-0.2, -0.15) is 0 Å². The van der Waals surface area contributed by atoms with E-state index >= 15 is 0 Å². The number of carbonyl (C=O) groups is 1. The lowest BCUT2D eigenvalue weighted by atomic mass is 10.1. The van der Waals surface area contributed by atoms with Gasteiger partial charge in [0.1, 0.15) is 0 Å². The van der Waals surface area contributed by atoms with Crippen LogP contribution in [0.5, 0.6) is 0 Å². The van der Waals surface area contributed by atoms with E-state index in [9.17, 15) is 4.79 Å². The molecule has 0 amide bonds. The van der Waals surface area contributed by atoms with Gasteiger partial charge in [0.15, 0.2) is 0 Å². The van der Waals surface area contributed by atoms with Gasteiger partial charge < -0.3 is 4.74 Å². The summed E-state index contributed by atoms with van der Waals surface area (Å²) >= 11 is 0. The molecule has 0 aliphatic rings. The third kappa shape index (κ3) is 5.79. The molecule has 23 heavy (non-hydrogen) atoms. The van der Waals surface area contributed by atoms with Crippen molar-refractivity contribution in [1.82, 2.24) is 0 Å². The molecule has 116 valence electrons. The summed E-state index contributed by atoms with van der Waals surface area (Å²) in [6.07, 6.45) is 9.45. The predicted molar refractivity (Wildman–Crippen MR) is 95.4 cm³/mol. The third-order valence-corrected chi connectivity index (χ3v) is 3.16. The quantitative estimate of drug-likeness (QED) is 0.414. The maximum atomic E-state index is 12.2. The first-order valence-corrected chi connectivity index (χ1v) is 7.59. The van der Waals surface area contributed by atoms with Crippen molar-refractivity contribution in [3.8, 4) is 0 Å². The minimum Gasteiger partial charge on any atom is -0.431 e. The van der Waals surface area contributed by atoms with Gasteiger partial charge in [0, 0.05) is 5.57 Å². The highest BCUT2D eigenvalue weighted by Gasteiger charge is 2.08. The van der Waals surface area contributed by atoms with Crippen LogP contribution in [-0.2, 0) is 9.53 Å². The molecule has 2 nitrogen and oxygen atoms in total. The molecule has 0 aliphatic carbocycles. The van der Waals surface area contributed by atoms with Gasteiger partial charge in [0.25, 0.3) is 0 Å². The fourth-order valence-electron chi connectivity index (χ4n) is 2.04. The summed E-state index contributed by atoms with van der Waals surface area (Å²) < 4.78 is 5.11. The van der Waals surface area contributed by atoms with Crippen molar-refractivity contribution in [2.24, 2.45) is 0 Å². The average Bonchev–Trinajstić information content (AvgIpc) is 2.60. The fourth-order valence-corrected chi connectivity index (χ4v) is 2.04. The van der Waals surface area contributed by atoms with E-state index in [2.05, 4.69) is 0 Å². The highest BCUT2D eigenvalue weighted by molar-refractivity contribution is 5.94. The van der Waals surface area contributed by atoms with Crippen LogP contribution in [0.3, 0.4) is 0 Å². The van der Waals surface area contributed by atoms with Crippen LogP contribution in [-0.4, -0.2) is 5.97 Å². The van der Waals surface area contributed by atoms with Crippen molar-refractivity contribution in [2.75, 3.05) is 0 Å². The summed E-state index contributed by atoms with van der Waals surface area (Å²) in [5.74, 6) is -0.329. The van der Waals surface area contributed by atoms with Gasteiger partial charge >= 0.3 is 5.97 Å². The van der Waals surface area contributed by atoms with Gasteiger partial charge in [0.2, 0.25) is 0 Å². The second-order valence-corrected chi connectivity index (χ2v) is 4.97. The predicted octanol–water partition coefficient (Wildman–Crippen LogP) is 5.25. The molecule has 0 fully saturated rings. The first-order chi connectivity index (χ1) is 11.3. The van der Waals surface area contributed by atoms with E-state index in [1.807, 2.05) is 85.8 Å². The number of carbonyl (C=O) groups excluding carboxylic acids is 1. The Morgan fingerprint density at radius 3 is 2.17 bits per heavy atom. The van der Waals surface area contributed by atoms with Crippen LogP contribution < -0.4 is 0 Å². The Balaban J connectivity index is 2.15. The summed E-state index contributed by atoms with van der Waals surface area (Å²) in [7, 11) is 0. The van der Waals surface area contributed by atoms with Crippen molar-refractivity contribution in [1.29, 1.82) is 0 Å². The van der Waals surface area contributed by atoms with E-state index in [-0.39, 0.29) is 5.97 Å². The minimum atomic E-state index is -0.329. The number of benzene rings is 2. The summed E-state index contributed by atoms with van der Waals surface area (Å²) in [5, 5.41) is 0. The molecule has 0 aromatic heterocycles. The van der Waals surface area contributed by atoms with Crippen LogP contribution in [0.25, 0.3) is 12.2 Å². The number of allylic oxidation sites excluding steroid dienone is 2. The molecule has 0 heterocycles. The second kappa shape index (κ2) is 9.21. The summed E-state index contributed by atoms with van der Waals surface area (Å²) in [6, 6.07) is 19.8. The Hall–Kier alpha value is -2.87. The van der Waals surface area contributed by atoms with Gasteiger partial charge in [-0.05, 0) is 30.5 Å². The topological polar surface area (TPSA) is 26.3 Å². The zero-order valence-electron chi connectivity index (χ0n) is 13.2. The summed E-state index contributed by atoms with van der Waals surface area (Å²) in [6.45, 7) is 1.81. The molecule has 0 bridgehead atoms. The van der Waals surface area contributed by atoms with Gasteiger partial charge in [-0.3, -0.25) is 0 Å². The molecule has 0 saturated heterocycles. The molecule has 0 saturated carbocycles. The van der Waals surface area contributed by atoms with Crippen molar-refractivity contribution in [3.05, 3.63) is 95.8 Å². The SMILES string of the molecule is CC=COC(=O)C(=Cc1ccccc1)CC=Cc1ccccc1. The number of esters is 1. The Bertz CT molecular complexity index is 695. The lowest BCUT2D eigenvalue weighted by Gasteiger charge is -2.03. The molecule has 0 atom stereocenters. The van der Waals surface area contributed by atoms with Crippen molar-refractivity contribution >= 4 is 18.1 Å². The maximum absolute atomic E-state index is 12.2. The zero-order chi connectivity index (χ0) is 16.3. The van der Waals surface area contributed by atoms with Gasteiger partial charge in [-0.1, -0.05) is 78.9 Å². The van der Waals surface area contributed by atoms with E-state index < -0.39 is 0 Å². The smallest absolute Gasteiger partial charge is 0.339 e. The Labute approximate surface area is 137 Å². The van der Waals surface area contributed by atoms with Crippen LogP contribution in [0.1, 0.15) is 24.5 Å². The van der Waals surface area contributed by atoms with E-state index in [4.69, 9.17) is 4.74 Å². The van der Waals surface area contributed by atoms with Crippen LogP contribution in [0.2, 0.25) is 0 Å². The number of rotatable bonds is 6. The third-order valence-electron chi connectivity index (χ3n) is 3.16. The van der Waals surface area contributed by atoms with Gasteiger partial charge in [-0.25, -0.2) is 4.79 Å². The molecular formula is C21H20O2. The molecule has 2 rings (SSSR count). The Morgan fingerprint density at radius 1 is 0.957 bits per heavy atom. The first kappa shape index (κ1) is 16.5. The molecule has 0 unspecified atom stereocenters. The van der Waals surface area contributed by atoms with Gasteiger partial charge in [-0.15, -0.1) is 0 Å². The van der Waals surface area contributed by atoms with Crippen molar-refractivity contribution in [2.45, 2.75) is 13.3 Å². The summed E-state index contributed by atoms with van der Waals surface area (Å²) in [4.78, 5) is 12.2. The van der Waals surface area contributed by atoms with E-state index in [0.29, 0.717) is 12.0 Å². The monoisotopic (exact) mass is 304 g/mol. The Kier molecular flexibility index (Phi) is 6.61. The standard InChI is InChI=1S/C21H20O2/c1-2-16-23-21(22)20(17-19-12-7-4-8-13-19)15-9-14-18-10-5-3-6-11-18/h2-14,16-17H,15H2,1H3. The molecular weight excluding hydrogens is 284 g/mol. The summed E-state index contributed by atoms with van der Waals surface area (Å²) in [5.41, 5.74) is 2.70. The number of hydrogen-bond donors (Lipinski definition) is 0. The molecule has 2 aromatic rings. The fraction of sp³-hybridized carbons (Fsp3) is 0.0952. The second-order valence-electron chi connectivity index (χ2n) is 4.97. The van der Waals surface area contributed by atoms with E-state index in [1.54, 1.807) is 6.08 Å². The number of ether oxygens (including phenoxy) is 1. The maximum Gasteiger partial charge on any atom is 0.339 e. The lowest BCUT2D eigenvalue weighted by molar-refractivity contribution is -0.133. The van der Waals surface area contributed by atoms with E-state index in [0.717, 1.165) is 11.1 Å². The Morgan fingerprint density at radius 2 is 1.57 bits per heavy atom. The molecule has 0 radical (unpaired) electrons. The van der Waals surface area contributed by atoms with Gasteiger partial charge in [0.05, 0.1) is 6.26 Å². The van der Waals surface area contributed by atoms with Crippen molar-refractivity contribution < 1.29 is 9.53 Å². The zero-order valence-corrected chi connectivity index (χ0v) is 13.2. The molecule has 2 heteroatoms. The van der Waals surface area contributed by atoms with E-state index in [1.165, 1.54) is 6.26 Å². The van der Waals surface area contributed by atoms with Crippen LogP contribution >= 0.6 is 0 Å². The highest BCUT2D eigenvalue weighted by atomic mass is 16.5. The largest absolute Gasteiger partial charge is 0.431 e. The average molecular weight is 304 g/mol. The molecule has 2 aromatic carbocycles. The molecule has 0 spiro atoms. The van der Waals surface area contributed by atoms with Crippen LogP contribution in [0.4, 0.5) is 0 Å². The lowest BCUT2D eigenvalue weighted by Crippen LogP contribution is -2.03. The number of hydrogen-bond acceptors (Lipinski definition) is 2. The minimum absolute atomic E-state index is 0.329. The normalized spacial score (nSPS) is 12.0. The molecule has 0 aliphatic heterocycles. The van der Waals surface area contributed by atoms with Crippen LogP contribution in [0, 0.1) is 0 Å². The van der Waals surface area contributed by atoms with Crippen molar-refractivity contribution in [3.63, 3.8) is 0 Å². The highest BCUT2D eigenvalue weighted by Crippen LogP contribution is 2.14. The first-order valence-electron chi connectivity index (χ1n) is 7.59. The van der Waals surface area contributed by atoms with Crippen LogP contribution in [0.15, 0.2) is 84.7 Å².